The van der Waals surface area contributed by atoms with E-state index in [2.05, 4.69) is 24.1 Å². The molecule has 0 amide bonds. The number of likely N-dealkylation sites (N-methyl/N-ethyl adjacent to an activating group) is 1. The zero-order valence-electron chi connectivity index (χ0n) is 15.8. The van der Waals surface area contributed by atoms with Crippen LogP contribution in [0.2, 0.25) is 0 Å². The van der Waals surface area contributed by atoms with Gasteiger partial charge in [-0.25, -0.2) is 0 Å². The Balaban J connectivity index is 0.00000180. The molecule has 6 nitrogen and oxygen atoms in total. The molecule has 1 aromatic carbocycles. The number of likely N-dealkylation sites (tertiary alicyclic amines) is 1. The van der Waals surface area contributed by atoms with Gasteiger partial charge in [0, 0.05) is 11.8 Å². The molecule has 5 rings (SSSR count). The Bertz CT molecular complexity index is 853. The van der Waals surface area contributed by atoms with Gasteiger partial charge in [0.2, 0.25) is 18.3 Å². The third kappa shape index (κ3) is 2.03. The number of carbonyl (C=O) groups excluding carboxylic acids is 1. The Hall–Kier alpha value is -1.92. The van der Waals surface area contributed by atoms with Crippen LogP contribution >= 0.6 is 12.4 Å². The summed E-state index contributed by atoms with van der Waals surface area (Å²) in [4.78, 5) is 15.3. The van der Waals surface area contributed by atoms with Gasteiger partial charge in [-0.1, -0.05) is 0 Å². The van der Waals surface area contributed by atoms with Crippen LogP contribution in [0.4, 0.5) is 0 Å². The number of hydrogen-bond acceptors (Lipinski definition) is 6. The highest BCUT2D eigenvalue weighted by atomic mass is 35.5. The van der Waals surface area contributed by atoms with Crippen molar-refractivity contribution in [1.82, 2.24) is 4.90 Å². The lowest BCUT2D eigenvalue weighted by molar-refractivity contribution is -0.124. The van der Waals surface area contributed by atoms with Crippen LogP contribution in [0.5, 0.6) is 11.5 Å². The summed E-state index contributed by atoms with van der Waals surface area (Å²) in [6.45, 7) is 1.16. The number of hydrogen-bond donors (Lipinski definition) is 0. The van der Waals surface area contributed by atoms with Crippen molar-refractivity contribution in [3.8, 4) is 11.5 Å². The van der Waals surface area contributed by atoms with E-state index < -0.39 is 0 Å². The number of aryl methyl sites for hydroxylation is 1. The largest absolute Gasteiger partial charge is 0.495 e. The lowest BCUT2D eigenvalue weighted by Gasteiger charge is -2.55. The molecule has 0 N–H and O–H groups in total. The summed E-state index contributed by atoms with van der Waals surface area (Å²) in [5.74, 6) is 2.65. The van der Waals surface area contributed by atoms with Crippen molar-refractivity contribution in [3.63, 3.8) is 0 Å². The SMILES string of the molecule is COC1=C(OC)[C@]23CCc4cc5c(cc4[C@@]2(CCN3C)CC1=O)OCO5.Cl. The molecule has 1 saturated heterocycles. The molecular weight excluding hydrogens is 370 g/mol. The molecule has 0 spiro atoms. The Labute approximate surface area is 164 Å². The molecule has 0 unspecified atom stereocenters. The van der Waals surface area contributed by atoms with E-state index in [9.17, 15) is 4.79 Å². The highest BCUT2D eigenvalue weighted by molar-refractivity contribution is 5.97. The van der Waals surface area contributed by atoms with E-state index >= 15 is 0 Å². The standard InChI is InChI=1S/C20H23NO5.ClH/c1-21-7-6-19-10-14(22)17(23-2)18(24-3)20(19,21)5-4-12-8-15-16(9-13(12)19)26-11-25-15;/h8-9H,4-7,10-11H2,1-3H3;1H/t19-,20-;/m1./s1. The minimum absolute atomic E-state index is 0. The molecule has 2 aliphatic heterocycles. The van der Waals surface area contributed by atoms with Crippen molar-refractivity contribution in [3.05, 3.63) is 34.8 Å². The average Bonchev–Trinajstić information content (AvgIpc) is 3.21. The van der Waals surface area contributed by atoms with Gasteiger partial charge in [0.15, 0.2) is 17.3 Å². The number of ether oxygens (including phenoxy) is 4. The third-order valence-corrected chi connectivity index (χ3v) is 6.89. The predicted molar refractivity (Wildman–Crippen MR) is 100 cm³/mol. The van der Waals surface area contributed by atoms with Crippen molar-refractivity contribution in [1.29, 1.82) is 0 Å². The molecule has 1 aromatic rings. The second-order valence-corrected chi connectivity index (χ2v) is 7.64. The van der Waals surface area contributed by atoms with Gasteiger partial charge in [-0.15, -0.1) is 12.4 Å². The molecule has 0 saturated carbocycles. The van der Waals surface area contributed by atoms with Crippen molar-refractivity contribution in [2.45, 2.75) is 36.6 Å². The number of Topliss-reactive ketones (excluding diaryl/α,β-unsaturated/α-hetero) is 1. The van der Waals surface area contributed by atoms with Crippen molar-refractivity contribution in [2.75, 3.05) is 34.6 Å². The van der Waals surface area contributed by atoms with Crippen LogP contribution < -0.4 is 9.47 Å². The van der Waals surface area contributed by atoms with Crippen LogP contribution in [-0.4, -0.2) is 50.8 Å². The Kier molecular flexibility index (Phi) is 4.13. The monoisotopic (exact) mass is 393 g/mol. The average molecular weight is 394 g/mol. The highest BCUT2D eigenvalue weighted by Crippen LogP contribution is 2.62. The summed E-state index contributed by atoms with van der Waals surface area (Å²) in [5, 5.41) is 0. The Morgan fingerprint density at radius 3 is 2.56 bits per heavy atom. The molecule has 7 heteroatoms. The number of benzene rings is 1. The lowest BCUT2D eigenvalue weighted by Crippen LogP contribution is -2.62. The van der Waals surface area contributed by atoms with Gasteiger partial charge in [0.1, 0.15) is 0 Å². The first kappa shape index (κ1) is 18.4. The fraction of sp³-hybridized carbons (Fsp3) is 0.550. The van der Waals surface area contributed by atoms with Crippen molar-refractivity contribution in [2.24, 2.45) is 0 Å². The van der Waals surface area contributed by atoms with Crippen LogP contribution in [0.15, 0.2) is 23.7 Å². The van der Waals surface area contributed by atoms with E-state index in [1.807, 2.05) is 0 Å². The van der Waals surface area contributed by atoms with Gasteiger partial charge in [0.25, 0.3) is 0 Å². The van der Waals surface area contributed by atoms with Gasteiger partial charge in [-0.05, 0) is 56.1 Å². The smallest absolute Gasteiger partial charge is 0.231 e. The van der Waals surface area contributed by atoms with Crippen LogP contribution in [0.1, 0.15) is 30.4 Å². The van der Waals surface area contributed by atoms with Crippen molar-refractivity contribution < 1.29 is 23.7 Å². The fourth-order valence-corrected chi connectivity index (χ4v) is 5.83. The maximum Gasteiger partial charge on any atom is 0.231 e. The number of fused-ring (bicyclic) bond motifs is 2. The van der Waals surface area contributed by atoms with Crippen LogP contribution in [-0.2, 0) is 26.1 Å². The molecule has 4 aliphatic rings. The van der Waals surface area contributed by atoms with E-state index in [0.717, 1.165) is 37.3 Å². The van der Waals surface area contributed by atoms with Crippen LogP contribution in [0.25, 0.3) is 0 Å². The number of halogens is 1. The first-order valence-electron chi connectivity index (χ1n) is 9.07. The zero-order valence-corrected chi connectivity index (χ0v) is 16.6. The number of rotatable bonds is 2. The second kappa shape index (κ2) is 6.04. The summed E-state index contributed by atoms with van der Waals surface area (Å²) in [6, 6.07) is 4.20. The second-order valence-electron chi connectivity index (χ2n) is 7.64. The van der Waals surface area contributed by atoms with Gasteiger partial charge in [-0.3, -0.25) is 9.69 Å². The van der Waals surface area contributed by atoms with E-state index in [1.54, 1.807) is 14.2 Å². The van der Waals surface area contributed by atoms with Gasteiger partial charge in [-0.2, -0.15) is 0 Å². The topological polar surface area (TPSA) is 57.2 Å². The summed E-state index contributed by atoms with van der Waals surface area (Å²) in [6.07, 6.45) is 3.13. The van der Waals surface area contributed by atoms with E-state index in [4.69, 9.17) is 18.9 Å². The molecule has 146 valence electrons. The zero-order chi connectivity index (χ0) is 18.1. The third-order valence-electron chi connectivity index (χ3n) is 6.89. The molecule has 1 fully saturated rings. The summed E-state index contributed by atoms with van der Waals surface area (Å²) in [7, 11) is 5.33. The Morgan fingerprint density at radius 2 is 1.85 bits per heavy atom. The predicted octanol–water partition coefficient (Wildman–Crippen LogP) is 2.57. The fourth-order valence-electron chi connectivity index (χ4n) is 5.83. The molecule has 27 heavy (non-hydrogen) atoms. The number of ketones is 1. The molecule has 2 heterocycles. The maximum atomic E-state index is 13.0. The normalized spacial score (nSPS) is 31.0. The minimum atomic E-state index is -0.359. The molecule has 2 aliphatic carbocycles. The number of carbonyl (C=O) groups is 1. The molecule has 2 atom stereocenters. The summed E-state index contributed by atoms with van der Waals surface area (Å²) < 4.78 is 22.6. The lowest BCUT2D eigenvalue weighted by atomic mass is 9.54. The minimum Gasteiger partial charge on any atom is -0.495 e. The quantitative estimate of drug-likeness (QED) is 0.769. The van der Waals surface area contributed by atoms with Gasteiger partial charge in [0.05, 0.1) is 19.8 Å². The molecule has 0 bridgehead atoms. The highest BCUT2D eigenvalue weighted by Gasteiger charge is 2.67. The summed E-state index contributed by atoms with van der Waals surface area (Å²) in [5.41, 5.74) is 1.78. The van der Waals surface area contributed by atoms with Crippen LogP contribution in [0, 0.1) is 0 Å². The van der Waals surface area contributed by atoms with Gasteiger partial charge < -0.3 is 18.9 Å². The van der Waals surface area contributed by atoms with Crippen LogP contribution in [0.3, 0.4) is 0 Å². The number of allylic oxidation sites excluding steroid dienone is 1. The van der Waals surface area contributed by atoms with E-state index in [1.165, 1.54) is 11.1 Å². The number of nitrogens with zero attached hydrogens (tertiary/aromatic N) is 1. The molecule has 0 aromatic heterocycles. The number of methoxy groups -OCH3 is 2. The first-order valence-corrected chi connectivity index (χ1v) is 9.07. The molecular formula is C20H24ClNO5. The first-order chi connectivity index (χ1) is 12.6. The van der Waals surface area contributed by atoms with Gasteiger partial charge >= 0.3 is 0 Å². The summed E-state index contributed by atoms with van der Waals surface area (Å²) >= 11 is 0. The molecule has 0 radical (unpaired) electrons. The maximum absolute atomic E-state index is 13.0. The van der Waals surface area contributed by atoms with Crippen molar-refractivity contribution >= 4 is 18.2 Å². The Morgan fingerprint density at radius 1 is 1.11 bits per heavy atom. The van der Waals surface area contributed by atoms with E-state index in [-0.39, 0.29) is 35.9 Å². The van der Waals surface area contributed by atoms with E-state index in [0.29, 0.717) is 17.9 Å².